The maximum Gasteiger partial charge on any atom is 0.340 e. The van der Waals surface area contributed by atoms with Crippen LogP contribution >= 0.6 is 0 Å². The van der Waals surface area contributed by atoms with E-state index in [4.69, 9.17) is 9.47 Å². The van der Waals surface area contributed by atoms with E-state index in [0.717, 1.165) is 5.56 Å². The number of ether oxygens (including phenoxy) is 2. The lowest BCUT2D eigenvalue weighted by atomic mass is 10.1. The van der Waals surface area contributed by atoms with Crippen molar-refractivity contribution in [3.05, 3.63) is 53.6 Å². The van der Waals surface area contributed by atoms with E-state index in [-0.39, 0.29) is 24.6 Å². The molecule has 148 valence electrons. The maximum absolute atomic E-state index is 12.6. The van der Waals surface area contributed by atoms with E-state index in [9.17, 15) is 14.4 Å². The molecule has 7 nitrogen and oxygen atoms in total. The summed E-state index contributed by atoms with van der Waals surface area (Å²) in [7, 11) is 1.50. The number of hydrogen-bond donors (Lipinski definition) is 1. The molecule has 7 heteroatoms. The van der Waals surface area contributed by atoms with Gasteiger partial charge in [-0.1, -0.05) is 18.2 Å². The van der Waals surface area contributed by atoms with Crippen molar-refractivity contribution in [3.63, 3.8) is 0 Å². The van der Waals surface area contributed by atoms with Crippen molar-refractivity contribution in [2.45, 2.75) is 20.8 Å². The van der Waals surface area contributed by atoms with Crippen LogP contribution in [0.1, 0.15) is 29.8 Å². The van der Waals surface area contributed by atoms with Gasteiger partial charge in [0.15, 0.2) is 0 Å². The number of benzene rings is 2. The van der Waals surface area contributed by atoms with Gasteiger partial charge in [-0.25, -0.2) is 4.79 Å². The quantitative estimate of drug-likeness (QED) is 0.741. The fourth-order valence-corrected chi connectivity index (χ4v) is 2.69. The summed E-state index contributed by atoms with van der Waals surface area (Å²) in [5.41, 5.74) is 2.00. The van der Waals surface area contributed by atoms with Crippen molar-refractivity contribution >= 4 is 29.2 Å². The number of carbonyl (C=O) groups excluding carboxylic acids is 3. The van der Waals surface area contributed by atoms with Gasteiger partial charge < -0.3 is 14.8 Å². The molecule has 0 saturated heterocycles. The minimum Gasteiger partial charge on any atom is -0.495 e. The first kappa shape index (κ1) is 21.0. The van der Waals surface area contributed by atoms with E-state index < -0.39 is 11.9 Å². The smallest absolute Gasteiger partial charge is 0.340 e. The lowest BCUT2D eigenvalue weighted by Gasteiger charge is -2.23. The van der Waals surface area contributed by atoms with Crippen LogP contribution in [0.25, 0.3) is 0 Å². The zero-order valence-electron chi connectivity index (χ0n) is 16.4. The summed E-state index contributed by atoms with van der Waals surface area (Å²) in [6.07, 6.45) is 0. The Kier molecular flexibility index (Phi) is 7.14. The molecule has 2 aromatic carbocycles. The standard InChI is InChI=1S/C21H24N2O5/c1-5-28-21(26)16-8-6-7-9-17(16)22-20(25)13-23(15(3)24)18-12-14(2)10-11-19(18)27-4/h6-12H,5,13H2,1-4H3,(H,22,25). The zero-order chi connectivity index (χ0) is 20.7. The number of esters is 1. The third-order valence-electron chi connectivity index (χ3n) is 4.00. The molecule has 0 heterocycles. The highest BCUT2D eigenvalue weighted by molar-refractivity contribution is 6.05. The summed E-state index contributed by atoms with van der Waals surface area (Å²) in [5.74, 6) is -0.795. The van der Waals surface area contributed by atoms with Gasteiger partial charge in [0.25, 0.3) is 0 Å². The van der Waals surface area contributed by atoms with Gasteiger partial charge in [-0.2, -0.15) is 0 Å². The Morgan fingerprint density at radius 2 is 1.82 bits per heavy atom. The molecule has 0 saturated carbocycles. The number of methoxy groups -OCH3 is 1. The average Bonchev–Trinajstić information content (AvgIpc) is 2.66. The molecular weight excluding hydrogens is 360 g/mol. The molecule has 0 radical (unpaired) electrons. The van der Waals surface area contributed by atoms with Crippen molar-refractivity contribution in [1.82, 2.24) is 0 Å². The van der Waals surface area contributed by atoms with E-state index >= 15 is 0 Å². The molecule has 0 aliphatic heterocycles. The van der Waals surface area contributed by atoms with Crippen LogP contribution in [0.3, 0.4) is 0 Å². The van der Waals surface area contributed by atoms with Gasteiger partial charge in [-0.05, 0) is 43.7 Å². The molecule has 0 unspecified atom stereocenters. The average molecular weight is 384 g/mol. The number of nitrogens with one attached hydrogen (secondary N) is 1. The lowest BCUT2D eigenvalue weighted by molar-refractivity contribution is -0.120. The SMILES string of the molecule is CCOC(=O)c1ccccc1NC(=O)CN(C(C)=O)c1cc(C)ccc1OC. The molecule has 0 fully saturated rings. The van der Waals surface area contributed by atoms with Gasteiger partial charge in [-0.3, -0.25) is 14.5 Å². The van der Waals surface area contributed by atoms with Crippen LogP contribution in [0.4, 0.5) is 11.4 Å². The second-order valence-corrected chi connectivity index (χ2v) is 6.09. The van der Waals surface area contributed by atoms with Crippen molar-refractivity contribution in [3.8, 4) is 5.75 Å². The Balaban J connectivity index is 2.25. The minimum absolute atomic E-state index is 0.229. The van der Waals surface area contributed by atoms with Crippen LogP contribution in [-0.4, -0.2) is 38.0 Å². The van der Waals surface area contributed by atoms with Crippen LogP contribution in [0.5, 0.6) is 5.75 Å². The highest BCUT2D eigenvalue weighted by Gasteiger charge is 2.21. The fourth-order valence-electron chi connectivity index (χ4n) is 2.69. The first-order chi connectivity index (χ1) is 13.4. The molecule has 0 aliphatic carbocycles. The number of aryl methyl sites for hydroxylation is 1. The number of carbonyl (C=O) groups is 3. The largest absolute Gasteiger partial charge is 0.495 e. The highest BCUT2D eigenvalue weighted by Crippen LogP contribution is 2.29. The normalized spacial score (nSPS) is 10.1. The Morgan fingerprint density at radius 3 is 2.46 bits per heavy atom. The molecule has 28 heavy (non-hydrogen) atoms. The third-order valence-corrected chi connectivity index (χ3v) is 4.00. The Labute approximate surface area is 164 Å². The number of hydrogen-bond acceptors (Lipinski definition) is 5. The predicted molar refractivity (Wildman–Crippen MR) is 107 cm³/mol. The molecule has 2 amide bonds. The van der Waals surface area contributed by atoms with Crippen molar-refractivity contribution in [1.29, 1.82) is 0 Å². The van der Waals surface area contributed by atoms with Crippen molar-refractivity contribution in [2.75, 3.05) is 30.5 Å². The van der Waals surface area contributed by atoms with Gasteiger partial charge in [0.2, 0.25) is 11.8 Å². The number of amides is 2. The molecule has 1 N–H and O–H groups in total. The molecule has 2 rings (SSSR count). The molecule has 2 aromatic rings. The van der Waals surface area contributed by atoms with Crippen LogP contribution in [-0.2, 0) is 14.3 Å². The van der Waals surface area contributed by atoms with Crippen molar-refractivity contribution < 1.29 is 23.9 Å². The summed E-state index contributed by atoms with van der Waals surface area (Å²) in [5, 5.41) is 2.68. The second-order valence-electron chi connectivity index (χ2n) is 6.09. The lowest BCUT2D eigenvalue weighted by Crippen LogP contribution is -2.37. The third kappa shape index (κ3) is 5.09. The van der Waals surface area contributed by atoms with Crippen LogP contribution in [0.2, 0.25) is 0 Å². The second kappa shape index (κ2) is 9.55. The molecule has 0 spiro atoms. The Hall–Kier alpha value is -3.35. The Bertz CT molecular complexity index is 879. The number of nitrogens with zero attached hydrogens (tertiary/aromatic N) is 1. The summed E-state index contributed by atoms with van der Waals surface area (Å²) in [6, 6.07) is 11.9. The monoisotopic (exact) mass is 384 g/mol. The van der Waals surface area contributed by atoms with Crippen molar-refractivity contribution in [2.24, 2.45) is 0 Å². The first-order valence-corrected chi connectivity index (χ1v) is 8.86. The molecule has 0 bridgehead atoms. The Morgan fingerprint density at radius 1 is 1.11 bits per heavy atom. The van der Waals surface area contributed by atoms with Gasteiger partial charge in [-0.15, -0.1) is 0 Å². The summed E-state index contributed by atoms with van der Waals surface area (Å²) in [6.45, 7) is 4.97. The van der Waals surface area contributed by atoms with Crippen LogP contribution in [0.15, 0.2) is 42.5 Å². The summed E-state index contributed by atoms with van der Waals surface area (Å²) < 4.78 is 10.3. The van der Waals surface area contributed by atoms with E-state index in [1.54, 1.807) is 43.3 Å². The topological polar surface area (TPSA) is 84.9 Å². The van der Waals surface area contributed by atoms with Crippen LogP contribution in [0, 0.1) is 6.92 Å². The molecular formula is C21H24N2O5. The maximum atomic E-state index is 12.6. The molecule has 0 aliphatic rings. The fraction of sp³-hybridized carbons (Fsp3) is 0.286. The van der Waals surface area contributed by atoms with Gasteiger partial charge in [0.1, 0.15) is 12.3 Å². The predicted octanol–water partition coefficient (Wildman–Crippen LogP) is 3.17. The summed E-state index contributed by atoms with van der Waals surface area (Å²) >= 11 is 0. The van der Waals surface area contributed by atoms with E-state index in [2.05, 4.69) is 5.32 Å². The van der Waals surface area contributed by atoms with Crippen LogP contribution < -0.4 is 15.0 Å². The summed E-state index contributed by atoms with van der Waals surface area (Å²) in [4.78, 5) is 38.2. The molecule has 0 aromatic heterocycles. The van der Waals surface area contributed by atoms with Gasteiger partial charge in [0.05, 0.1) is 30.7 Å². The minimum atomic E-state index is -0.526. The van der Waals surface area contributed by atoms with E-state index in [1.807, 2.05) is 13.0 Å². The number of rotatable bonds is 7. The van der Waals surface area contributed by atoms with Gasteiger partial charge in [0, 0.05) is 6.92 Å². The molecule has 0 atom stereocenters. The highest BCUT2D eigenvalue weighted by atomic mass is 16.5. The van der Waals surface area contributed by atoms with E-state index in [1.165, 1.54) is 18.9 Å². The number of anilines is 2. The zero-order valence-corrected chi connectivity index (χ0v) is 16.4. The first-order valence-electron chi connectivity index (χ1n) is 8.86. The van der Waals surface area contributed by atoms with E-state index in [0.29, 0.717) is 17.1 Å². The number of para-hydroxylation sites is 1. The van der Waals surface area contributed by atoms with Gasteiger partial charge >= 0.3 is 5.97 Å².